The van der Waals surface area contributed by atoms with Gasteiger partial charge in [-0.1, -0.05) is 24.3 Å². The smallest absolute Gasteiger partial charge is 0.182 e. The Balaban J connectivity index is 2.02. The van der Waals surface area contributed by atoms with Crippen LogP contribution in [0.1, 0.15) is 11.1 Å². The van der Waals surface area contributed by atoms with Crippen molar-refractivity contribution in [2.24, 2.45) is 0 Å². The van der Waals surface area contributed by atoms with Crippen LogP contribution in [0.5, 0.6) is 0 Å². The van der Waals surface area contributed by atoms with Crippen LogP contribution < -0.4 is 10.2 Å². The van der Waals surface area contributed by atoms with E-state index in [-0.39, 0.29) is 0 Å². The molecule has 1 aromatic carbocycles. The van der Waals surface area contributed by atoms with Crippen molar-refractivity contribution >= 4 is 11.6 Å². The van der Waals surface area contributed by atoms with Crippen LogP contribution in [0, 0.1) is 18.4 Å². The third kappa shape index (κ3) is 3.45. The van der Waals surface area contributed by atoms with E-state index in [0.717, 1.165) is 18.8 Å². The second kappa shape index (κ2) is 6.53. The van der Waals surface area contributed by atoms with Crippen molar-refractivity contribution in [3.63, 3.8) is 0 Å². The summed E-state index contributed by atoms with van der Waals surface area (Å²) in [6.45, 7) is 2.98. The predicted molar refractivity (Wildman–Crippen MR) is 79.4 cm³/mol. The molecule has 0 spiro atoms. The van der Waals surface area contributed by atoms with Gasteiger partial charge < -0.3 is 4.90 Å². The molecule has 0 aliphatic heterocycles. The minimum Gasteiger partial charge on any atom is -0.359 e. The molecule has 0 unspecified atom stereocenters. The Morgan fingerprint density at radius 2 is 2.10 bits per heavy atom. The number of aromatic nitrogens is 2. The largest absolute Gasteiger partial charge is 0.359 e. The molecule has 0 aliphatic rings. The van der Waals surface area contributed by atoms with Gasteiger partial charge in [0.15, 0.2) is 6.19 Å². The molecule has 0 bridgehead atoms. The molecule has 20 heavy (non-hydrogen) atoms. The first-order chi connectivity index (χ1) is 9.70. The summed E-state index contributed by atoms with van der Waals surface area (Å²) < 4.78 is 0. The van der Waals surface area contributed by atoms with E-state index in [4.69, 9.17) is 5.26 Å². The van der Waals surface area contributed by atoms with Gasteiger partial charge in [-0.2, -0.15) is 5.26 Å². The van der Waals surface area contributed by atoms with Gasteiger partial charge in [0.2, 0.25) is 0 Å². The first kappa shape index (κ1) is 13.8. The average molecular weight is 267 g/mol. The maximum absolute atomic E-state index is 8.60. The number of aryl methyl sites for hydroxylation is 1. The van der Waals surface area contributed by atoms with E-state index in [1.807, 2.05) is 19.3 Å². The molecule has 2 aromatic rings. The fraction of sp³-hybridized carbons (Fsp3) is 0.267. The van der Waals surface area contributed by atoms with Crippen LogP contribution in [-0.4, -0.2) is 23.6 Å². The number of likely N-dealkylation sites (N-methyl/N-ethyl adjacent to an activating group) is 1. The monoisotopic (exact) mass is 267 g/mol. The van der Waals surface area contributed by atoms with E-state index >= 15 is 0 Å². The van der Waals surface area contributed by atoms with E-state index in [1.165, 1.54) is 17.5 Å². The normalized spacial score (nSPS) is 9.85. The summed E-state index contributed by atoms with van der Waals surface area (Å²) in [5, 5.41) is 11.1. The minimum absolute atomic E-state index is 0.514. The molecule has 2 rings (SSSR count). The third-order valence-electron chi connectivity index (χ3n) is 3.21. The highest BCUT2D eigenvalue weighted by Crippen LogP contribution is 2.14. The predicted octanol–water partition coefficient (Wildman–Crippen LogP) is 2.36. The number of rotatable bonds is 5. The summed E-state index contributed by atoms with van der Waals surface area (Å²) in [5.74, 6) is 1.31. The lowest BCUT2D eigenvalue weighted by Gasteiger charge is -2.18. The summed E-state index contributed by atoms with van der Waals surface area (Å²) in [6.07, 6.45) is 4.27. The molecule has 0 saturated carbocycles. The lowest BCUT2D eigenvalue weighted by atomic mass is 10.1. The van der Waals surface area contributed by atoms with E-state index in [1.54, 1.807) is 6.07 Å². The van der Waals surface area contributed by atoms with Crippen molar-refractivity contribution in [2.75, 3.05) is 23.8 Å². The van der Waals surface area contributed by atoms with Gasteiger partial charge in [-0.3, -0.25) is 5.32 Å². The zero-order valence-electron chi connectivity index (χ0n) is 11.7. The van der Waals surface area contributed by atoms with E-state index in [2.05, 4.69) is 45.3 Å². The van der Waals surface area contributed by atoms with Crippen molar-refractivity contribution in [3.05, 3.63) is 47.8 Å². The highest BCUT2D eigenvalue weighted by Gasteiger charge is 2.05. The van der Waals surface area contributed by atoms with Crippen molar-refractivity contribution in [2.45, 2.75) is 13.3 Å². The van der Waals surface area contributed by atoms with Gasteiger partial charge in [0.1, 0.15) is 18.0 Å². The number of nitriles is 1. The topological polar surface area (TPSA) is 64.8 Å². The maximum Gasteiger partial charge on any atom is 0.182 e. The number of hydrogen-bond acceptors (Lipinski definition) is 5. The summed E-state index contributed by atoms with van der Waals surface area (Å²) in [4.78, 5) is 10.2. The lowest BCUT2D eigenvalue weighted by Crippen LogP contribution is -2.21. The van der Waals surface area contributed by atoms with Crippen molar-refractivity contribution in [1.29, 1.82) is 5.26 Å². The van der Waals surface area contributed by atoms with Crippen LogP contribution in [0.3, 0.4) is 0 Å². The van der Waals surface area contributed by atoms with Gasteiger partial charge in [0.05, 0.1) is 0 Å². The highest BCUT2D eigenvalue weighted by molar-refractivity contribution is 5.49. The Hall–Kier alpha value is -2.61. The summed E-state index contributed by atoms with van der Waals surface area (Å²) in [6, 6.07) is 10.1. The summed E-state index contributed by atoms with van der Waals surface area (Å²) >= 11 is 0. The zero-order valence-corrected chi connectivity index (χ0v) is 11.7. The van der Waals surface area contributed by atoms with Gasteiger partial charge >= 0.3 is 0 Å². The van der Waals surface area contributed by atoms with Crippen LogP contribution in [0.15, 0.2) is 36.7 Å². The zero-order chi connectivity index (χ0) is 14.4. The molecule has 0 fully saturated rings. The third-order valence-corrected chi connectivity index (χ3v) is 3.21. The molecular weight excluding hydrogens is 250 g/mol. The molecular formula is C15H17N5. The van der Waals surface area contributed by atoms with Crippen molar-refractivity contribution in [1.82, 2.24) is 9.97 Å². The second-order valence-corrected chi connectivity index (χ2v) is 4.60. The Morgan fingerprint density at radius 3 is 2.85 bits per heavy atom. The summed E-state index contributed by atoms with van der Waals surface area (Å²) in [7, 11) is 1.98. The van der Waals surface area contributed by atoms with Gasteiger partial charge in [-0.15, -0.1) is 0 Å². The minimum atomic E-state index is 0.514. The molecule has 5 nitrogen and oxygen atoms in total. The quantitative estimate of drug-likeness (QED) is 0.665. The standard InChI is InChI=1S/C15H17N5/c1-12-5-3-4-6-13(12)7-8-20(2)15-9-14(17-10-16)18-11-19-15/h3-6,9,11H,7-8H2,1-2H3,(H,17,18,19). The van der Waals surface area contributed by atoms with Gasteiger partial charge in [0, 0.05) is 19.7 Å². The van der Waals surface area contributed by atoms with Crippen LogP contribution in [0.4, 0.5) is 11.6 Å². The molecule has 0 saturated heterocycles. The Morgan fingerprint density at radius 1 is 1.30 bits per heavy atom. The molecule has 0 radical (unpaired) electrons. The Bertz CT molecular complexity index is 618. The van der Waals surface area contributed by atoms with Crippen molar-refractivity contribution < 1.29 is 0 Å². The van der Waals surface area contributed by atoms with E-state index < -0.39 is 0 Å². The molecule has 5 heteroatoms. The maximum atomic E-state index is 8.60. The molecule has 1 heterocycles. The fourth-order valence-electron chi connectivity index (χ4n) is 1.97. The van der Waals surface area contributed by atoms with Gasteiger partial charge in [0.25, 0.3) is 0 Å². The van der Waals surface area contributed by atoms with Crippen LogP contribution >= 0.6 is 0 Å². The average Bonchev–Trinajstić information content (AvgIpc) is 2.47. The number of nitrogens with zero attached hydrogens (tertiary/aromatic N) is 4. The van der Waals surface area contributed by atoms with Crippen LogP contribution in [0.2, 0.25) is 0 Å². The van der Waals surface area contributed by atoms with Crippen molar-refractivity contribution in [3.8, 4) is 6.19 Å². The number of nitrogens with one attached hydrogen (secondary N) is 1. The second-order valence-electron chi connectivity index (χ2n) is 4.60. The summed E-state index contributed by atoms with van der Waals surface area (Å²) in [5.41, 5.74) is 2.64. The lowest BCUT2D eigenvalue weighted by molar-refractivity contribution is 0.852. The molecule has 0 atom stereocenters. The van der Waals surface area contributed by atoms with E-state index in [0.29, 0.717) is 5.82 Å². The number of hydrogen-bond donors (Lipinski definition) is 1. The van der Waals surface area contributed by atoms with Gasteiger partial charge in [-0.05, 0) is 24.5 Å². The highest BCUT2D eigenvalue weighted by atomic mass is 15.2. The molecule has 1 N–H and O–H groups in total. The van der Waals surface area contributed by atoms with Crippen LogP contribution in [-0.2, 0) is 6.42 Å². The molecule has 0 amide bonds. The number of anilines is 2. The Labute approximate surface area is 118 Å². The molecule has 1 aromatic heterocycles. The van der Waals surface area contributed by atoms with Crippen LogP contribution in [0.25, 0.3) is 0 Å². The fourth-order valence-corrected chi connectivity index (χ4v) is 1.97. The van der Waals surface area contributed by atoms with E-state index in [9.17, 15) is 0 Å². The number of benzene rings is 1. The SMILES string of the molecule is Cc1ccccc1CCN(C)c1cc(NC#N)ncn1. The molecule has 102 valence electrons. The Kier molecular flexibility index (Phi) is 4.51. The molecule has 0 aliphatic carbocycles. The first-order valence-corrected chi connectivity index (χ1v) is 6.43. The van der Waals surface area contributed by atoms with Gasteiger partial charge in [-0.25, -0.2) is 9.97 Å². The first-order valence-electron chi connectivity index (χ1n) is 6.43.